The average Bonchev–Trinajstić information content (AvgIpc) is 2.79. The number of benzene rings is 1. The van der Waals surface area contributed by atoms with Crippen LogP contribution < -0.4 is 0 Å². The molecule has 2 heterocycles. The van der Waals surface area contributed by atoms with Gasteiger partial charge in [-0.15, -0.1) is 0 Å². The van der Waals surface area contributed by atoms with Gasteiger partial charge in [-0.1, -0.05) is 18.7 Å². The Morgan fingerprint density at radius 2 is 1.67 bits per heavy atom. The molecule has 0 unspecified atom stereocenters. The number of cyclic esters (lactones) is 1. The minimum Gasteiger partial charge on any atom is -0.430 e. The van der Waals surface area contributed by atoms with Gasteiger partial charge in [-0.3, -0.25) is 14.5 Å². The number of carbonyl (C=O) groups excluding carboxylic acids is 3. The summed E-state index contributed by atoms with van der Waals surface area (Å²) in [4.78, 5) is 36.8. The van der Waals surface area contributed by atoms with Crippen LogP contribution in [0.2, 0.25) is 0 Å². The van der Waals surface area contributed by atoms with Crippen LogP contribution in [0.3, 0.4) is 0 Å². The fraction of sp³-hybridized carbons (Fsp3) is 0.154. The van der Waals surface area contributed by atoms with E-state index in [1.807, 2.05) is 0 Å². The molecule has 1 fully saturated rings. The molecule has 0 spiro atoms. The van der Waals surface area contributed by atoms with Crippen molar-refractivity contribution in [2.75, 3.05) is 0 Å². The summed E-state index contributed by atoms with van der Waals surface area (Å²) in [7, 11) is 0. The van der Waals surface area contributed by atoms with Gasteiger partial charge in [0.15, 0.2) is 0 Å². The predicted octanol–water partition coefficient (Wildman–Crippen LogP) is 1.11. The Kier molecular flexibility index (Phi) is 2.10. The van der Waals surface area contributed by atoms with Crippen LogP contribution in [-0.4, -0.2) is 28.7 Å². The van der Waals surface area contributed by atoms with Crippen molar-refractivity contribution in [3.05, 3.63) is 47.7 Å². The van der Waals surface area contributed by atoms with Crippen LogP contribution in [0.25, 0.3) is 0 Å². The van der Waals surface area contributed by atoms with Gasteiger partial charge in [0.05, 0.1) is 11.1 Å². The van der Waals surface area contributed by atoms with E-state index in [1.165, 1.54) is 0 Å². The standard InChI is InChI=1S/C13H9NO4/c1-7-6-10(13(17)18-7)14-11(15)8-4-2-3-5-9(8)12(14)16/h2-5,10H,1,6H2/t10-/m1/s1. The highest BCUT2D eigenvalue weighted by Crippen LogP contribution is 2.30. The number of amides is 2. The number of imide groups is 1. The average molecular weight is 243 g/mol. The summed E-state index contributed by atoms with van der Waals surface area (Å²) in [6.45, 7) is 3.53. The molecule has 1 aromatic rings. The van der Waals surface area contributed by atoms with Crippen LogP contribution in [-0.2, 0) is 9.53 Å². The zero-order valence-electron chi connectivity index (χ0n) is 9.38. The lowest BCUT2D eigenvalue weighted by Gasteiger charge is -2.17. The second-order valence-corrected chi connectivity index (χ2v) is 4.21. The van der Waals surface area contributed by atoms with E-state index in [0.29, 0.717) is 11.1 Å². The lowest BCUT2D eigenvalue weighted by atomic mass is 10.1. The number of nitrogens with zero attached hydrogens (tertiary/aromatic N) is 1. The first kappa shape index (κ1) is 10.7. The predicted molar refractivity (Wildman–Crippen MR) is 60.6 cm³/mol. The molecule has 2 aliphatic heterocycles. The summed E-state index contributed by atoms with van der Waals surface area (Å²) in [5.41, 5.74) is 0.653. The van der Waals surface area contributed by atoms with E-state index in [9.17, 15) is 14.4 Å². The maximum atomic E-state index is 12.1. The van der Waals surface area contributed by atoms with Gasteiger partial charge in [0.1, 0.15) is 11.8 Å². The first-order chi connectivity index (χ1) is 8.59. The number of rotatable bonds is 1. The Bertz CT molecular complexity index is 570. The topological polar surface area (TPSA) is 63.7 Å². The molecule has 5 heteroatoms. The van der Waals surface area contributed by atoms with E-state index in [2.05, 4.69) is 6.58 Å². The van der Waals surface area contributed by atoms with Gasteiger partial charge in [-0.2, -0.15) is 0 Å². The Hall–Kier alpha value is -2.43. The van der Waals surface area contributed by atoms with Crippen LogP contribution in [0.5, 0.6) is 0 Å². The Morgan fingerprint density at radius 3 is 2.11 bits per heavy atom. The van der Waals surface area contributed by atoms with Crippen molar-refractivity contribution >= 4 is 17.8 Å². The van der Waals surface area contributed by atoms with Gasteiger partial charge in [-0.25, -0.2) is 4.79 Å². The van der Waals surface area contributed by atoms with Gasteiger partial charge in [0.25, 0.3) is 11.8 Å². The number of ether oxygens (including phenoxy) is 1. The third-order valence-corrected chi connectivity index (χ3v) is 3.08. The lowest BCUT2D eigenvalue weighted by molar-refractivity contribution is -0.138. The minimum absolute atomic E-state index is 0.171. The third-order valence-electron chi connectivity index (χ3n) is 3.08. The highest BCUT2D eigenvalue weighted by atomic mass is 16.5. The van der Waals surface area contributed by atoms with Gasteiger partial charge in [-0.05, 0) is 12.1 Å². The molecule has 0 N–H and O–H groups in total. The van der Waals surface area contributed by atoms with Crippen molar-refractivity contribution in [3.63, 3.8) is 0 Å². The molecule has 1 atom stereocenters. The molecule has 18 heavy (non-hydrogen) atoms. The zero-order chi connectivity index (χ0) is 12.9. The molecule has 0 saturated carbocycles. The molecular formula is C13H9NO4. The van der Waals surface area contributed by atoms with Crippen molar-refractivity contribution in [2.24, 2.45) is 0 Å². The SMILES string of the molecule is C=C1C[C@@H](N2C(=O)c3ccccc3C2=O)C(=O)O1. The number of carbonyl (C=O) groups is 3. The summed E-state index contributed by atoms with van der Waals surface area (Å²) in [6, 6.07) is 5.62. The molecular weight excluding hydrogens is 234 g/mol. The molecule has 0 radical (unpaired) electrons. The quantitative estimate of drug-likeness (QED) is 0.547. The Balaban J connectivity index is 2.02. The molecule has 0 bridgehead atoms. The van der Waals surface area contributed by atoms with Crippen LogP contribution in [0.4, 0.5) is 0 Å². The van der Waals surface area contributed by atoms with Gasteiger partial charge < -0.3 is 4.74 Å². The summed E-state index contributed by atoms with van der Waals surface area (Å²) in [5, 5.41) is 0. The van der Waals surface area contributed by atoms with Crippen LogP contribution in [0, 0.1) is 0 Å². The first-order valence-electron chi connectivity index (χ1n) is 5.46. The number of fused-ring (bicyclic) bond motifs is 1. The molecule has 2 amide bonds. The molecule has 0 aromatic heterocycles. The van der Waals surface area contributed by atoms with Gasteiger partial charge in [0, 0.05) is 6.42 Å². The smallest absolute Gasteiger partial charge is 0.334 e. The summed E-state index contributed by atoms with van der Waals surface area (Å²) >= 11 is 0. The van der Waals surface area contributed by atoms with Crippen molar-refractivity contribution in [3.8, 4) is 0 Å². The largest absolute Gasteiger partial charge is 0.430 e. The lowest BCUT2D eigenvalue weighted by Crippen LogP contribution is -2.42. The summed E-state index contributed by atoms with van der Waals surface area (Å²) < 4.78 is 4.80. The van der Waals surface area contributed by atoms with Crippen LogP contribution in [0.1, 0.15) is 27.1 Å². The normalized spacial score (nSPS) is 22.4. The van der Waals surface area contributed by atoms with Crippen molar-refractivity contribution < 1.29 is 19.1 Å². The molecule has 0 aliphatic carbocycles. The number of hydrogen-bond donors (Lipinski definition) is 0. The Labute approximate surface area is 103 Å². The van der Waals surface area contributed by atoms with E-state index in [-0.39, 0.29) is 12.2 Å². The monoisotopic (exact) mass is 243 g/mol. The van der Waals surface area contributed by atoms with E-state index in [4.69, 9.17) is 4.74 Å². The molecule has 2 aliphatic rings. The third kappa shape index (κ3) is 1.30. The van der Waals surface area contributed by atoms with Crippen molar-refractivity contribution in [1.29, 1.82) is 0 Å². The summed E-state index contributed by atoms with van der Waals surface area (Å²) in [5.74, 6) is -1.23. The van der Waals surface area contributed by atoms with Crippen molar-refractivity contribution in [1.82, 2.24) is 4.90 Å². The second-order valence-electron chi connectivity index (χ2n) is 4.21. The molecule has 90 valence electrons. The highest BCUT2D eigenvalue weighted by molar-refractivity contribution is 6.22. The minimum atomic E-state index is -0.884. The fourth-order valence-corrected chi connectivity index (χ4v) is 2.24. The maximum Gasteiger partial charge on any atom is 0.334 e. The summed E-state index contributed by atoms with van der Waals surface area (Å²) in [6.07, 6.45) is 0.171. The van der Waals surface area contributed by atoms with E-state index >= 15 is 0 Å². The number of esters is 1. The van der Waals surface area contributed by atoms with Gasteiger partial charge >= 0.3 is 5.97 Å². The molecule has 5 nitrogen and oxygen atoms in total. The van der Waals surface area contributed by atoms with Crippen LogP contribution in [0.15, 0.2) is 36.6 Å². The molecule has 3 rings (SSSR count). The Morgan fingerprint density at radius 1 is 1.11 bits per heavy atom. The molecule has 1 saturated heterocycles. The van der Waals surface area contributed by atoms with E-state index < -0.39 is 23.8 Å². The fourth-order valence-electron chi connectivity index (χ4n) is 2.24. The highest BCUT2D eigenvalue weighted by Gasteiger charge is 2.46. The van der Waals surface area contributed by atoms with Gasteiger partial charge in [0.2, 0.25) is 0 Å². The van der Waals surface area contributed by atoms with Crippen molar-refractivity contribution in [2.45, 2.75) is 12.5 Å². The zero-order valence-corrected chi connectivity index (χ0v) is 9.38. The second kappa shape index (κ2) is 3.53. The van der Waals surface area contributed by atoms with E-state index in [0.717, 1.165) is 4.90 Å². The first-order valence-corrected chi connectivity index (χ1v) is 5.46. The number of hydrogen-bond acceptors (Lipinski definition) is 4. The van der Waals surface area contributed by atoms with E-state index in [1.54, 1.807) is 24.3 Å². The molecule has 1 aromatic carbocycles. The maximum absolute atomic E-state index is 12.1. The van der Waals surface area contributed by atoms with Crippen LogP contribution >= 0.6 is 0 Å².